The van der Waals surface area contributed by atoms with Crippen LogP contribution in [0.15, 0.2) is 18.2 Å². The average molecular weight is 265 g/mol. The Morgan fingerprint density at radius 2 is 2.00 bits per heavy atom. The highest BCUT2D eigenvalue weighted by Crippen LogP contribution is 2.23. The maximum atomic E-state index is 8.92. The Kier molecular flexibility index (Phi) is 6.89. The van der Waals surface area contributed by atoms with E-state index in [1.54, 1.807) is 0 Å². The van der Waals surface area contributed by atoms with Gasteiger partial charge in [0.2, 0.25) is 0 Å². The highest BCUT2D eigenvalue weighted by Gasteiger charge is 2.05. The van der Waals surface area contributed by atoms with E-state index < -0.39 is 0 Å². The molecule has 0 bridgehead atoms. The Morgan fingerprint density at radius 3 is 2.53 bits per heavy atom. The van der Waals surface area contributed by atoms with Crippen LogP contribution in [0.5, 0.6) is 5.75 Å². The Morgan fingerprint density at radius 1 is 1.26 bits per heavy atom. The van der Waals surface area contributed by atoms with E-state index in [-0.39, 0.29) is 6.61 Å². The zero-order valence-electron chi connectivity index (χ0n) is 12.6. The molecule has 0 saturated heterocycles. The van der Waals surface area contributed by atoms with Crippen LogP contribution in [0.25, 0.3) is 0 Å². The van der Waals surface area contributed by atoms with Crippen molar-refractivity contribution in [2.24, 2.45) is 0 Å². The number of hydrogen-bond donors (Lipinski definition) is 1. The van der Waals surface area contributed by atoms with Crippen LogP contribution >= 0.6 is 0 Å². The molecule has 108 valence electrons. The van der Waals surface area contributed by atoms with Crippen LogP contribution in [0.4, 0.5) is 0 Å². The summed E-state index contributed by atoms with van der Waals surface area (Å²) in [7, 11) is 0. The van der Waals surface area contributed by atoms with Gasteiger partial charge in [0.25, 0.3) is 0 Å². The highest BCUT2D eigenvalue weighted by atomic mass is 16.5. The predicted octanol–water partition coefficient (Wildman–Crippen LogP) is 2.81. The zero-order chi connectivity index (χ0) is 14.3. The van der Waals surface area contributed by atoms with Crippen LogP contribution < -0.4 is 4.74 Å². The molecule has 1 N–H and O–H groups in total. The van der Waals surface area contributed by atoms with E-state index in [4.69, 9.17) is 9.84 Å². The van der Waals surface area contributed by atoms with Gasteiger partial charge in [0, 0.05) is 13.1 Å². The normalized spacial score (nSPS) is 11.3. The Labute approximate surface area is 117 Å². The standard InChI is InChI=1S/C16H27NO2/c1-5-17(8-10-18)9-11-19-15-6-7-16(13(2)3)14(4)12-15/h6-7,12-13,18H,5,8-11H2,1-4H3. The Hall–Kier alpha value is -1.06. The second-order valence-electron chi connectivity index (χ2n) is 5.18. The van der Waals surface area contributed by atoms with E-state index in [0.29, 0.717) is 19.1 Å². The van der Waals surface area contributed by atoms with E-state index in [9.17, 15) is 0 Å². The molecule has 0 aliphatic rings. The van der Waals surface area contributed by atoms with Gasteiger partial charge in [-0.05, 0) is 42.6 Å². The minimum atomic E-state index is 0.204. The summed E-state index contributed by atoms with van der Waals surface area (Å²) in [5, 5.41) is 8.92. The third kappa shape index (κ3) is 5.21. The van der Waals surface area contributed by atoms with Gasteiger partial charge >= 0.3 is 0 Å². The monoisotopic (exact) mass is 265 g/mol. The van der Waals surface area contributed by atoms with Crippen LogP contribution in [-0.2, 0) is 0 Å². The summed E-state index contributed by atoms with van der Waals surface area (Å²) < 4.78 is 5.78. The van der Waals surface area contributed by atoms with Gasteiger partial charge in [-0.25, -0.2) is 0 Å². The smallest absolute Gasteiger partial charge is 0.119 e. The lowest BCUT2D eigenvalue weighted by Gasteiger charge is -2.19. The molecule has 19 heavy (non-hydrogen) atoms. The summed E-state index contributed by atoms with van der Waals surface area (Å²) in [6.45, 7) is 12.0. The maximum absolute atomic E-state index is 8.92. The first-order chi connectivity index (χ1) is 9.08. The molecule has 0 aliphatic carbocycles. The van der Waals surface area contributed by atoms with Gasteiger partial charge in [-0.3, -0.25) is 4.90 Å². The minimum absolute atomic E-state index is 0.204. The van der Waals surface area contributed by atoms with Crippen molar-refractivity contribution in [3.8, 4) is 5.75 Å². The van der Waals surface area contributed by atoms with Crippen molar-refractivity contribution in [3.05, 3.63) is 29.3 Å². The SMILES string of the molecule is CCN(CCO)CCOc1ccc(C(C)C)c(C)c1. The number of aryl methyl sites for hydroxylation is 1. The van der Waals surface area contributed by atoms with E-state index in [2.05, 4.69) is 44.7 Å². The first-order valence-electron chi connectivity index (χ1n) is 7.15. The van der Waals surface area contributed by atoms with Crippen LogP contribution in [0.3, 0.4) is 0 Å². The van der Waals surface area contributed by atoms with Gasteiger partial charge in [0.1, 0.15) is 12.4 Å². The van der Waals surface area contributed by atoms with E-state index >= 15 is 0 Å². The minimum Gasteiger partial charge on any atom is -0.492 e. The number of aliphatic hydroxyl groups excluding tert-OH is 1. The van der Waals surface area contributed by atoms with Gasteiger partial charge in [-0.15, -0.1) is 0 Å². The number of aliphatic hydroxyl groups is 1. The maximum Gasteiger partial charge on any atom is 0.119 e. The summed E-state index contributed by atoms with van der Waals surface area (Å²) in [5.41, 5.74) is 2.66. The van der Waals surface area contributed by atoms with Crippen molar-refractivity contribution in [1.29, 1.82) is 0 Å². The van der Waals surface area contributed by atoms with E-state index in [1.807, 2.05) is 6.07 Å². The first kappa shape index (κ1) is 16.0. The molecule has 0 atom stereocenters. The lowest BCUT2D eigenvalue weighted by molar-refractivity contribution is 0.174. The van der Waals surface area contributed by atoms with Gasteiger partial charge in [0.15, 0.2) is 0 Å². The van der Waals surface area contributed by atoms with Crippen molar-refractivity contribution in [3.63, 3.8) is 0 Å². The summed E-state index contributed by atoms with van der Waals surface area (Å²) in [6, 6.07) is 6.31. The van der Waals surface area contributed by atoms with Crippen molar-refractivity contribution < 1.29 is 9.84 Å². The molecule has 1 aromatic carbocycles. The first-order valence-corrected chi connectivity index (χ1v) is 7.15. The fraction of sp³-hybridized carbons (Fsp3) is 0.625. The second kappa shape index (κ2) is 8.18. The molecule has 0 unspecified atom stereocenters. The summed E-state index contributed by atoms with van der Waals surface area (Å²) in [4.78, 5) is 2.18. The van der Waals surface area contributed by atoms with Crippen LogP contribution in [-0.4, -0.2) is 42.9 Å². The number of benzene rings is 1. The van der Waals surface area contributed by atoms with E-state index in [1.165, 1.54) is 11.1 Å². The largest absolute Gasteiger partial charge is 0.492 e. The second-order valence-corrected chi connectivity index (χ2v) is 5.18. The third-order valence-corrected chi connectivity index (χ3v) is 3.40. The van der Waals surface area contributed by atoms with Crippen LogP contribution in [0.2, 0.25) is 0 Å². The van der Waals surface area contributed by atoms with Crippen LogP contribution in [0.1, 0.15) is 37.8 Å². The molecule has 3 heteroatoms. The zero-order valence-corrected chi connectivity index (χ0v) is 12.6. The van der Waals surface area contributed by atoms with Crippen molar-refractivity contribution in [1.82, 2.24) is 4.90 Å². The molecular weight excluding hydrogens is 238 g/mol. The summed E-state index contributed by atoms with van der Waals surface area (Å²) in [5.74, 6) is 1.48. The molecule has 1 rings (SSSR count). The number of ether oxygens (including phenoxy) is 1. The lowest BCUT2D eigenvalue weighted by atomic mass is 9.98. The molecule has 0 heterocycles. The van der Waals surface area contributed by atoms with Gasteiger partial charge in [0.05, 0.1) is 6.61 Å². The third-order valence-electron chi connectivity index (χ3n) is 3.40. The Balaban J connectivity index is 2.47. The fourth-order valence-electron chi connectivity index (χ4n) is 2.25. The van der Waals surface area contributed by atoms with E-state index in [0.717, 1.165) is 18.8 Å². The molecule has 1 aromatic rings. The van der Waals surface area contributed by atoms with Crippen LogP contribution in [0, 0.1) is 6.92 Å². The molecule has 0 aromatic heterocycles. The molecule has 0 radical (unpaired) electrons. The molecular formula is C16H27NO2. The average Bonchev–Trinajstić information content (AvgIpc) is 2.37. The van der Waals surface area contributed by atoms with Crippen molar-refractivity contribution in [2.75, 3.05) is 32.8 Å². The van der Waals surface area contributed by atoms with Crippen molar-refractivity contribution >= 4 is 0 Å². The fourth-order valence-corrected chi connectivity index (χ4v) is 2.25. The summed E-state index contributed by atoms with van der Waals surface area (Å²) in [6.07, 6.45) is 0. The predicted molar refractivity (Wildman–Crippen MR) is 80.0 cm³/mol. The van der Waals surface area contributed by atoms with Gasteiger partial charge < -0.3 is 9.84 Å². The Bertz CT molecular complexity index is 377. The molecule has 0 saturated carbocycles. The van der Waals surface area contributed by atoms with Gasteiger partial charge in [-0.1, -0.05) is 26.8 Å². The highest BCUT2D eigenvalue weighted by molar-refractivity contribution is 5.36. The molecule has 0 aliphatic heterocycles. The van der Waals surface area contributed by atoms with Crippen molar-refractivity contribution in [2.45, 2.75) is 33.6 Å². The summed E-state index contributed by atoms with van der Waals surface area (Å²) >= 11 is 0. The molecule has 0 amide bonds. The van der Waals surface area contributed by atoms with Gasteiger partial charge in [-0.2, -0.15) is 0 Å². The number of nitrogens with zero attached hydrogens (tertiary/aromatic N) is 1. The molecule has 0 fully saturated rings. The quantitative estimate of drug-likeness (QED) is 0.784. The number of rotatable bonds is 8. The number of likely N-dealkylation sites (N-methyl/N-ethyl adjacent to an activating group) is 1. The molecule has 3 nitrogen and oxygen atoms in total. The molecule has 0 spiro atoms. The lowest BCUT2D eigenvalue weighted by Crippen LogP contribution is -2.30. The topological polar surface area (TPSA) is 32.7 Å². The number of hydrogen-bond acceptors (Lipinski definition) is 3.